The van der Waals surface area contributed by atoms with Gasteiger partial charge in [0.15, 0.2) is 17.6 Å². The minimum absolute atomic E-state index is 0.0995. The van der Waals surface area contributed by atoms with Crippen molar-refractivity contribution in [3.05, 3.63) is 64.3 Å². The van der Waals surface area contributed by atoms with Gasteiger partial charge in [-0.2, -0.15) is 4.73 Å². The van der Waals surface area contributed by atoms with E-state index in [9.17, 15) is 10.0 Å². The fraction of sp³-hybridized carbons (Fsp3) is 0.214. The number of nitrogens with zero attached hydrogens (tertiary/aromatic N) is 4. The number of benzene rings is 2. The number of ether oxygens (including phenoxy) is 2. The fourth-order valence-electron chi connectivity index (χ4n) is 3.63. The largest absolute Gasteiger partial charge is 0.482 e. The van der Waals surface area contributed by atoms with Crippen LogP contribution in [0.3, 0.4) is 0 Å². The van der Waals surface area contributed by atoms with Gasteiger partial charge in [0, 0.05) is 17.3 Å². The van der Waals surface area contributed by atoms with Gasteiger partial charge in [0.05, 0.1) is 28.4 Å². The zero-order chi connectivity index (χ0) is 29.0. The van der Waals surface area contributed by atoms with E-state index in [0.717, 1.165) is 10.3 Å². The third-order valence-electron chi connectivity index (χ3n) is 5.45. The molecule has 0 amide bonds. The standard InChI is InChI=1S/C28H26Cl2N4O4SSi/c1-37-23(35)16-38-19-14-20(29)24(21(30)15-19)27-33-25(22-9-11-31-28(32-22)39-2)26(34(27)36)18-8-6-7-17(13-18)10-12-40(3,4)5/h6-9,11,13-15,36H,16H2,1-5H3. The average Bonchev–Trinajstić information content (AvgIpc) is 3.26. The molecule has 0 saturated carbocycles. The van der Waals surface area contributed by atoms with E-state index in [1.54, 1.807) is 12.3 Å². The lowest BCUT2D eigenvalue weighted by atomic mass is 10.1. The van der Waals surface area contributed by atoms with E-state index >= 15 is 0 Å². The molecule has 2 aromatic heterocycles. The van der Waals surface area contributed by atoms with Crippen molar-refractivity contribution in [1.82, 2.24) is 19.7 Å². The van der Waals surface area contributed by atoms with Crippen LogP contribution in [0.1, 0.15) is 5.56 Å². The highest BCUT2D eigenvalue weighted by atomic mass is 35.5. The highest BCUT2D eigenvalue weighted by Gasteiger charge is 2.26. The SMILES string of the molecule is COC(=O)COc1cc(Cl)c(-c2nc(-c3ccnc(SC)n3)c(-c3cccc(C#C[Si](C)(C)C)c3)n2O)c(Cl)c1. The first-order valence-electron chi connectivity index (χ1n) is 12.0. The average molecular weight is 614 g/mol. The van der Waals surface area contributed by atoms with E-state index in [-0.39, 0.29) is 33.8 Å². The number of halogens is 2. The number of imidazole rings is 1. The second kappa shape index (κ2) is 12.4. The summed E-state index contributed by atoms with van der Waals surface area (Å²) < 4.78 is 11.0. The first-order chi connectivity index (χ1) is 19.0. The first kappa shape index (κ1) is 29.5. The highest BCUT2D eigenvalue weighted by Crippen LogP contribution is 2.41. The third kappa shape index (κ3) is 6.80. The van der Waals surface area contributed by atoms with Crippen molar-refractivity contribution in [1.29, 1.82) is 0 Å². The smallest absolute Gasteiger partial charge is 0.343 e. The Labute approximate surface area is 247 Å². The molecule has 0 bridgehead atoms. The van der Waals surface area contributed by atoms with Crippen LogP contribution in [0, 0.1) is 11.5 Å². The van der Waals surface area contributed by atoms with E-state index in [1.165, 1.54) is 31.0 Å². The Morgan fingerprint density at radius 2 is 1.85 bits per heavy atom. The zero-order valence-electron chi connectivity index (χ0n) is 22.5. The molecule has 40 heavy (non-hydrogen) atoms. The molecule has 0 atom stereocenters. The molecule has 2 aromatic carbocycles. The van der Waals surface area contributed by atoms with Gasteiger partial charge < -0.3 is 14.7 Å². The summed E-state index contributed by atoms with van der Waals surface area (Å²) in [7, 11) is -0.343. The Bertz CT molecular complexity index is 1620. The van der Waals surface area contributed by atoms with Crippen molar-refractivity contribution in [2.24, 2.45) is 0 Å². The van der Waals surface area contributed by atoms with E-state index in [0.29, 0.717) is 27.8 Å². The molecule has 0 aliphatic heterocycles. The summed E-state index contributed by atoms with van der Waals surface area (Å²) in [6.07, 6.45) is 3.51. The van der Waals surface area contributed by atoms with E-state index in [1.807, 2.05) is 30.5 Å². The van der Waals surface area contributed by atoms with Crippen LogP contribution in [0.2, 0.25) is 29.7 Å². The number of carbonyl (C=O) groups excluding carboxylic acids is 1. The Kier molecular flexibility index (Phi) is 9.11. The lowest BCUT2D eigenvalue weighted by Gasteiger charge is -2.11. The van der Waals surface area contributed by atoms with Crippen LogP contribution in [-0.4, -0.2) is 58.9 Å². The molecule has 0 fully saturated rings. The molecule has 12 heteroatoms. The number of esters is 1. The summed E-state index contributed by atoms with van der Waals surface area (Å²) in [5.41, 5.74) is 6.43. The molecule has 206 valence electrons. The number of carbonyl (C=O) groups is 1. The van der Waals surface area contributed by atoms with Crippen LogP contribution in [0.5, 0.6) is 5.75 Å². The van der Waals surface area contributed by atoms with Crippen molar-refractivity contribution in [2.75, 3.05) is 20.0 Å². The van der Waals surface area contributed by atoms with E-state index < -0.39 is 14.0 Å². The lowest BCUT2D eigenvalue weighted by molar-refractivity contribution is -0.142. The molecule has 1 N–H and O–H groups in total. The van der Waals surface area contributed by atoms with Crippen LogP contribution in [-0.2, 0) is 9.53 Å². The van der Waals surface area contributed by atoms with Crippen molar-refractivity contribution in [3.8, 4) is 51.2 Å². The van der Waals surface area contributed by atoms with E-state index in [4.69, 9.17) is 32.9 Å². The lowest BCUT2D eigenvalue weighted by Crippen LogP contribution is -2.16. The summed E-state index contributed by atoms with van der Waals surface area (Å²) >= 11 is 14.6. The molecule has 0 aliphatic carbocycles. The number of hydrogen-bond acceptors (Lipinski definition) is 8. The van der Waals surface area contributed by atoms with Gasteiger partial charge in [-0.3, -0.25) is 0 Å². The van der Waals surface area contributed by atoms with Gasteiger partial charge in [0.25, 0.3) is 0 Å². The van der Waals surface area contributed by atoms with Crippen molar-refractivity contribution in [2.45, 2.75) is 24.8 Å². The minimum atomic E-state index is -1.61. The summed E-state index contributed by atoms with van der Waals surface area (Å²) in [4.78, 5) is 25.1. The highest BCUT2D eigenvalue weighted by molar-refractivity contribution is 7.98. The summed E-state index contributed by atoms with van der Waals surface area (Å²) in [5.74, 6) is 3.07. The van der Waals surface area contributed by atoms with E-state index in [2.05, 4.69) is 45.8 Å². The second-order valence-corrected chi connectivity index (χ2v) is 15.9. The Balaban J connectivity index is 1.90. The molecule has 0 aliphatic rings. The number of rotatable bonds is 7. The number of thioether (sulfide) groups is 1. The van der Waals surface area contributed by atoms with Gasteiger partial charge in [0.2, 0.25) is 0 Å². The van der Waals surface area contributed by atoms with Gasteiger partial charge in [-0.1, -0.05) is 72.7 Å². The Morgan fingerprint density at radius 3 is 2.50 bits per heavy atom. The number of aromatic nitrogens is 4. The molecular formula is C28H26Cl2N4O4SSi. The van der Waals surface area contributed by atoms with Gasteiger partial charge in [-0.25, -0.2) is 19.7 Å². The minimum Gasteiger partial charge on any atom is -0.482 e. The van der Waals surface area contributed by atoms with Gasteiger partial charge in [-0.05, 0) is 36.6 Å². The molecule has 0 radical (unpaired) electrons. The van der Waals surface area contributed by atoms with Crippen LogP contribution in [0.15, 0.2) is 53.8 Å². The van der Waals surface area contributed by atoms with Gasteiger partial charge in [-0.15, -0.1) is 5.54 Å². The van der Waals surface area contributed by atoms with Crippen LogP contribution in [0.25, 0.3) is 34.0 Å². The van der Waals surface area contributed by atoms with Crippen molar-refractivity contribution in [3.63, 3.8) is 0 Å². The molecule has 2 heterocycles. The number of methoxy groups -OCH3 is 1. The maximum Gasteiger partial charge on any atom is 0.343 e. The van der Waals surface area contributed by atoms with Crippen molar-refractivity contribution < 1.29 is 19.5 Å². The Morgan fingerprint density at radius 1 is 1.12 bits per heavy atom. The third-order valence-corrected chi connectivity index (χ3v) is 7.49. The van der Waals surface area contributed by atoms with Crippen LogP contribution >= 0.6 is 35.0 Å². The summed E-state index contributed by atoms with van der Waals surface area (Å²) in [6, 6.07) is 12.3. The monoisotopic (exact) mass is 612 g/mol. The molecule has 4 aromatic rings. The summed E-state index contributed by atoms with van der Waals surface area (Å²) in [5, 5.41) is 12.4. The molecule has 0 spiro atoms. The number of hydrogen-bond donors (Lipinski definition) is 1. The predicted molar refractivity (Wildman–Crippen MR) is 161 cm³/mol. The van der Waals surface area contributed by atoms with Gasteiger partial charge in [0.1, 0.15) is 25.2 Å². The summed E-state index contributed by atoms with van der Waals surface area (Å²) in [6.45, 7) is 6.21. The maximum absolute atomic E-state index is 11.5. The molecule has 0 saturated heterocycles. The Hall–Kier alpha value is -3.49. The molecule has 4 rings (SSSR count). The topological polar surface area (TPSA) is 99.4 Å². The first-order valence-corrected chi connectivity index (χ1v) is 17.5. The van der Waals surface area contributed by atoms with Gasteiger partial charge >= 0.3 is 5.97 Å². The van der Waals surface area contributed by atoms with Crippen molar-refractivity contribution >= 4 is 49.0 Å². The normalized spacial score (nSPS) is 11.1. The van der Waals surface area contributed by atoms with Crippen LogP contribution in [0.4, 0.5) is 0 Å². The zero-order valence-corrected chi connectivity index (χ0v) is 25.8. The quantitative estimate of drug-likeness (QED) is 0.0613. The second-order valence-electron chi connectivity index (χ2n) is 9.58. The molecular weight excluding hydrogens is 587 g/mol. The molecule has 8 nitrogen and oxygen atoms in total. The van der Waals surface area contributed by atoms with Crippen LogP contribution < -0.4 is 4.74 Å². The fourth-order valence-corrected chi connectivity index (χ4v) is 5.15. The predicted octanol–water partition coefficient (Wildman–Crippen LogP) is 6.72. The maximum atomic E-state index is 11.5. The molecule has 0 unspecified atom stereocenters.